The van der Waals surface area contributed by atoms with Gasteiger partial charge in [-0.25, -0.2) is 4.79 Å². The summed E-state index contributed by atoms with van der Waals surface area (Å²) < 4.78 is 0. The van der Waals surface area contributed by atoms with E-state index in [1.165, 1.54) is 6.42 Å². The first-order valence-electron chi connectivity index (χ1n) is 7.45. The van der Waals surface area contributed by atoms with Gasteiger partial charge in [0.15, 0.2) is 0 Å². The van der Waals surface area contributed by atoms with Gasteiger partial charge >= 0.3 is 6.03 Å². The lowest BCUT2D eigenvalue weighted by Crippen LogP contribution is -2.41. The van der Waals surface area contributed by atoms with E-state index in [1.807, 2.05) is 30.0 Å². The van der Waals surface area contributed by atoms with Gasteiger partial charge < -0.3 is 16.0 Å². The number of nitrogens with zero attached hydrogens (tertiary/aromatic N) is 1. The number of hydrogen-bond donors (Lipinski definition) is 2. The summed E-state index contributed by atoms with van der Waals surface area (Å²) in [7, 11) is 0. The number of hydrogen-bond acceptors (Lipinski definition) is 2. The van der Waals surface area contributed by atoms with Gasteiger partial charge in [-0.15, -0.1) is 0 Å². The minimum absolute atomic E-state index is 0.0233. The van der Waals surface area contributed by atoms with Crippen molar-refractivity contribution in [2.45, 2.75) is 26.7 Å². The van der Waals surface area contributed by atoms with E-state index in [4.69, 9.17) is 5.73 Å². The van der Waals surface area contributed by atoms with Crippen molar-refractivity contribution in [1.82, 2.24) is 4.90 Å². The maximum absolute atomic E-state index is 12.3. The molecule has 1 unspecified atom stereocenters. The number of likely N-dealkylation sites (tertiary alicyclic amines) is 1. The summed E-state index contributed by atoms with van der Waals surface area (Å²) in [5.74, 6) is 6.42. The second-order valence-electron chi connectivity index (χ2n) is 5.72. The van der Waals surface area contributed by atoms with E-state index in [-0.39, 0.29) is 6.03 Å². The second kappa shape index (κ2) is 7.14. The van der Waals surface area contributed by atoms with Crippen LogP contribution in [0.15, 0.2) is 18.2 Å². The number of rotatable bonds is 1. The zero-order valence-electron chi connectivity index (χ0n) is 12.8. The zero-order valence-corrected chi connectivity index (χ0v) is 12.8. The van der Waals surface area contributed by atoms with Crippen LogP contribution in [0.4, 0.5) is 10.5 Å². The fourth-order valence-corrected chi connectivity index (χ4v) is 2.66. The van der Waals surface area contributed by atoms with E-state index in [9.17, 15) is 4.79 Å². The van der Waals surface area contributed by atoms with Crippen LogP contribution in [0.2, 0.25) is 0 Å². The highest BCUT2D eigenvalue weighted by Crippen LogP contribution is 2.18. The fraction of sp³-hybridized carbons (Fsp3) is 0.471. The van der Waals surface area contributed by atoms with Crippen LogP contribution >= 0.6 is 0 Å². The van der Waals surface area contributed by atoms with Crippen molar-refractivity contribution in [2.75, 3.05) is 25.0 Å². The van der Waals surface area contributed by atoms with E-state index in [1.54, 1.807) is 0 Å². The summed E-state index contributed by atoms with van der Waals surface area (Å²) in [5, 5.41) is 2.98. The number of nitrogens with two attached hydrogens (primary N) is 1. The Balaban J connectivity index is 2.08. The molecule has 1 aromatic carbocycles. The van der Waals surface area contributed by atoms with Gasteiger partial charge in [-0.1, -0.05) is 18.8 Å². The van der Waals surface area contributed by atoms with Crippen molar-refractivity contribution in [3.63, 3.8) is 0 Å². The molecule has 0 spiro atoms. The summed E-state index contributed by atoms with van der Waals surface area (Å²) in [6.45, 7) is 6.18. The Hall–Kier alpha value is -1.99. The fourth-order valence-electron chi connectivity index (χ4n) is 2.66. The molecule has 3 N–H and O–H groups in total. The van der Waals surface area contributed by atoms with E-state index in [0.29, 0.717) is 12.5 Å². The van der Waals surface area contributed by atoms with Gasteiger partial charge in [0, 0.05) is 24.3 Å². The average molecular weight is 285 g/mol. The van der Waals surface area contributed by atoms with E-state index in [0.717, 1.165) is 36.3 Å². The molecule has 2 amide bonds. The van der Waals surface area contributed by atoms with E-state index in [2.05, 4.69) is 24.1 Å². The van der Waals surface area contributed by atoms with Crippen LogP contribution in [-0.2, 0) is 0 Å². The van der Waals surface area contributed by atoms with Gasteiger partial charge in [0.1, 0.15) is 0 Å². The molecule has 1 aromatic rings. The molecule has 0 aliphatic carbocycles. The van der Waals surface area contributed by atoms with Crippen LogP contribution in [0.25, 0.3) is 0 Å². The molecule has 1 aliphatic heterocycles. The van der Waals surface area contributed by atoms with Gasteiger partial charge in [-0.3, -0.25) is 0 Å². The van der Waals surface area contributed by atoms with Crippen LogP contribution < -0.4 is 11.1 Å². The molecule has 0 radical (unpaired) electrons. The van der Waals surface area contributed by atoms with E-state index < -0.39 is 0 Å². The molecule has 2 rings (SSSR count). The first-order chi connectivity index (χ1) is 10.1. The Bertz CT molecular complexity index is 571. The normalized spacial score (nSPS) is 17.9. The van der Waals surface area contributed by atoms with Crippen molar-refractivity contribution in [3.05, 3.63) is 29.3 Å². The highest BCUT2D eigenvalue weighted by molar-refractivity contribution is 5.89. The van der Waals surface area contributed by atoms with Gasteiger partial charge in [0.25, 0.3) is 0 Å². The Morgan fingerprint density at radius 3 is 3.00 bits per heavy atom. The molecule has 0 bridgehead atoms. The standard InChI is InChI=1S/C17H23N3O/c1-13-5-4-8-20(12-13)17(21)19-16-10-14(2)9-15(11-16)6-3-7-18/h9-11,13H,4-5,7-8,12,18H2,1-2H3,(H,19,21). The summed E-state index contributed by atoms with van der Waals surface area (Å²) in [5.41, 5.74) is 8.13. The average Bonchev–Trinajstić information content (AvgIpc) is 2.44. The lowest BCUT2D eigenvalue weighted by Gasteiger charge is -2.31. The number of aryl methyl sites for hydroxylation is 1. The number of anilines is 1. The highest BCUT2D eigenvalue weighted by atomic mass is 16.2. The molecule has 1 saturated heterocycles. The number of piperidine rings is 1. The zero-order chi connectivity index (χ0) is 15.2. The highest BCUT2D eigenvalue weighted by Gasteiger charge is 2.20. The number of nitrogens with one attached hydrogen (secondary N) is 1. The summed E-state index contributed by atoms with van der Waals surface area (Å²) >= 11 is 0. The molecule has 0 saturated carbocycles. The molecule has 1 aliphatic rings. The molecule has 1 fully saturated rings. The third kappa shape index (κ3) is 4.51. The monoisotopic (exact) mass is 285 g/mol. The third-order valence-corrected chi connectivity index (χ3v) is 3.61. The maximum Gasteiger partial charge on any atom is 0.321 e. The minimum atomic E-state index is -0.0233. The Labute approximate surface area is 126 Å². The molecule has 1 atom stereocenters. The van der Waals surface area contributed by atoms with Gasteiger partial charge in [-0.2, -0.15) is 0 Å². The van der Waals surface area contributed by atoms with Crippen molar-refractivity contribution < 1.29 is 4.79 Å². The summed E-state index contributed by atoms with van der Waals surface area (Å²) in [6, 6.07) is 5.81. The first kappa shape index (κ1) is 15.4. The molecule has 0 aromatic heterocycles. The molecule has 1 heterocycles. The second-order valence-corrected chi connectivity index (χ2v) is 5.72. The van der Waals surface area contributed by atoms with Crippen LogP contribution in [-0.4, -0.2) is 30.6 Å². The number of amides is 2. The lowest BCUT2D eigenvalue weighted by atomic mass is 10.0. The van der Waals surface area contributed by atoms with Crippen molar-refractivity contribution in [3.8, 4) is 11.8 Å². The molecule has 21 heavy (non-hydrogen) atoms. The Morgan fingerprint density at radius 2 is 2.29 bits per heavy atom. The number of benzene rings is 1. The first-order valence-corrected chi connectivity index (χ1v) is 7.45. The van der Waals surface area contributed by atoms with Gasteiger partial charge in [-0.05, 0) is 49.4 Å². The third-order valence-electron chi connectivity index (χ3n) is 3.61. The molecule has 4 heteroatoms. The quantitative estimate of drug-likeness (QED) is 0.779. The number of urea groups is 1. The van der Waals surface area contributed by atoms with Crippen LogP contribution in [0.5, 0.6) is 0 Å². The number of carbonyl (C=O) groups excluding carboxylic acids is 1. The van der Waals surface area contributed by atoms with Crippen LogP contribution in [0, 0.1) is 24.7 Å². The number of carbonyl (C=O) groups is 1. The smallest absolute Gasteiger partial charge is 0.321 e. The Morgan fingerprint density at radius 1 is 1.48 bits per heavy atom. The predicted molar refractivity (Wildman–Crippen MR) is 86.1 cm³/mol. The maximum atomic E-state index is 12.3. The summed E-state index contributed by atoms with van der Waals surface area (Å²) in [6.07, 6.45) is 2.28. The SMILES string of the molecule is Cc1cc(C#CCN)cc(NC(=O)N2CCCC(C)C2)c1. The van der Waals surface area contributed by atoms with E-state index >= 15 is 0 Å². The summed E-state index contributed by atoms with van der Waals surface area (Å²) in [4.78, 5) is 14.2. The minimum Gasteiger partial charge on any atom is -0.324 e. The van der Waals surface area contributed by atoms with Gasteiger partial charge in [0.05, 0.1) is 6.54 Å². The largest absolute Gasteiger partial charge is 0.324 e. The molecule has 4 nitrogen and oxygen atoms in total. The van der Waals surface area contributed by atoms with Crippen LogP contribution in [0.3, 0.4) is 0 Å². The van der Waals surface area contributed by atoms with Gasteiger partial charge in [0.2, 0.25) is 0 Å². The van der Waals surface area contributed by atoms with Crippen molar-refractivity contribution in [2.24, 2.45) is 11.7 Å². The Kier molecular flexibility index (Phi) is 5.24. The lowest BCUT2D eigenvalue weighted by molar-refractivity contribution is 0.182. The predicted octanol–water partition coefficient (Wildman–Crippen LogP) is 2.57. The van der Waals surface area contributed by atoms with Crippen LogP contribution in [0.1, 0.15) is 30.9 Å². The molecular formula is C17H23N3O. The molecule has 112 valence electrons. The topological polar surface area (TPSA) is 58.4 Å². The molecular weight excluding hydrogens is 262 g/mol. The van der Waals surface area contributed by atoms with Crippen molar-refractivity contribution >= 4 is 11.7 Å². The van der Waals surface area contributed by atoms with Crippen molar-refractivity contribution in [1.29, 1.82) is 0 Å².